The molecule has 4 rings (SSSR count). The van der Waals surface area contributed by atoms with Crippen LogP contribution in [0.15, 0.2) is 47.4 Å². The van der Waals surface area contributed by atoms with Crippen molar-refractivity contribution in [3.8, 4) is 5.88 Å². The SMILES string of the molecule is COc1ncc(NC(=O)C(=O)N2C[C@@H](C)CC[C@@H]2c2ccc3[nH]c(=O)ccc3c2)cc1C(N)=O. The van der Waals surface area contributed by atoms with E-state index in [1.807, 2.05) is 19.1 Å². The van der Waals surface area contributed by atoms with Crippen molar-refractivity contribution in [2.24, 2.45) is 11.7 Å². The first-order valence-electron chi connectivity index (χ1n) is 10.9. The van der Waals surface area contributed by atoms with Gasteiger partial charge in [0.25, 0.3) is 5.91 Å². The number of aromatic amines is 1. The van der Waals surface area contributed by atoms with Gasteiger partial charge in [0.2, 0.25) is 11.4 Å². The Balaban J connectivity index is 1.59. The normalized spacial score (nSPS) is 17.9. The van der Waals surface area contributed by atoms with Gasteiger partial charge < -0.3 is 25.7 Å². The summed E-state index contributed by atoms with van der Waals surface area (Å²) in [5.74, 6) is -2.04. The maximum Gasteiger partial charge on any atom is 0.313 e. The van der Waals surface area contributed by atoms with Gasteiger partial charge in [-0.2, -0.15) is 0 Å². The third kappa shape index (κ3) is 4.61. The molecule has 0 radical (unpaired) electrons. The van der Waals surface area contributed by atoms with E-state index in [1.165, 1.54) is 25.4 Å². The van der Waals surface area contributed by atoms with Crippen LogP contribution in [-0.2, 0) is 9.59 Å². The van der Waals surface area contributed by atoms with Crippen molar-refractivity contribution in [3.05, 3.63) is 64.1 Å². The number of ether oxygens (including phenoxy) is 1. The summed E-state index contributed by atoms with van der Waals surface area (Å²) in [4.78, 5) is 57.6. The standard InChI is InChI=1S/C24H25N5O5/c1-13-3-7-19(15-4-6-18-14(9-15)5-8-20(30)28-18)29(12-13)24(33)22(32)27-16-10-17(21(25)31)23(34-2)26-11-16/h4-6,8-11,13,19H,3,7,12H2,1-2H3,(H2,25,31)(H,27,32)(H,28,30)/t13-,19+/m0/s1. The maximum absolute atomic E-state index is 13.2. The first kappa shape index (κ1) is 23.0. The van der Waals surface area contributed by atoms with Gasteiger partial charge in [0.05, 0.1) is 25.0 Å². The Labute approximate surface area is 195 Å². The minimum Gasteiger partial charge on any atom is -0.480 e. The summed E-state index contributed by atoms with van der Waals surface area (Å²) in [5, 5.41) is 3.36. The van der Waals surface area contributed by atoms with Gasteiger partial charge in [0.1, 0.15) is 5.56 Å². The summed E-state index contributed by atoms with van der Waals surface area (Å²) < 4.78 is 5.00. The number of nitrogens with zero attached hydrogens (tertiary/aromatic N) is 2. The van der Waals surface area contributed by atoms with Crippen molar-refractivity contribution in [2.45, 2.75) is 25.8 Å². The van der Waals surface area contributed by atoms with Crippen molar-refractivity contribution >= 4 is 34.3 Å². The molecule has 1 aromatic carbocycles. The largest absolute Gasteiger partial charge is 0.480 e. The maximum atomic E-state index is 13.2. The number of H-pyrrole nitrogens is 1. The second-order valence-electron chi connectivity index (χ2n) is 8.42. The Hall–Kier alpha value is -4.21. The molecule has 10 heteroatoms. The number of rotatable bonds is 4. The van der Waals surface area contributed by atoms with Crippen LogP contribution in [-0.4, -0.2) is 46.2 Å². The van der Waals surface area contributed by atoms with E-state index in [0.717, 1.165) is 17.4 Å². The number of methoxy groups -OCH3 is 1. The number of benzene rings is 1. The lowest BCUT2D eigenvalue weighted by Crippen LogP contribution is -2.46. The number of primary amides is 1. The van der Waals surface area contributed by atoms with Gasteiger partial charge in [-0.1, -0.05) is 13.0 Å². The molecule has 3 heterocycles. The molecule has 3 amide bonds. The van der Waals surface area contributed by atoms with Crippen LogP contribution in [0.4, 0.5) is 5.69 Å². The van der Waals surface area contributed by atoms with Gasteiger partial charge in [-0.15, -0.1) is 0 Å². The van der Waals surface area contributed by atoms with Gasteiger partial charge in [0, 0.05) is 18.1 Å². The van der Waals surface area contributed by atoms with E-state index in [0.29, 0.717) is 18.5 Å². The molecule has 4 N–H and O–H groups in total. The van der Waals surface area contributed by atoms with Gasteiger partial charge in [-0.3, -0.25) is 19.2 Å². The van der Waals surface area contributed by atoms with E-state index in [4.69, 9.17) is 10.5 Å². The molecule has 2 aromatic heterocycles. The highest BCUT2D eigenvalue weighted by Gasteiger charge is 2.34. The number of pyridine rings is 2. The number of nitrogens with two attached hydrogens (primary N) is 1. The second kappa shape index (κ2) is 9.34. The minimum absolute atomic E-state index is 0.00794. The highest BCUT2D eigenvalue weighted by Crippen LogP contribution is 2.34. The van der Waals surface area contributed by atoms with Crippen LogP contribution in [0.2, 0.25) is 0 Å². The van der Waals surface area contributed by atoms with E-state index in [2.05, 4.69) is 15.3 Å². The number of likely N-dealkylation sites (tertiary alicyclic amines) is 1. The molecule has 0 unspecified atom stereocenters. The van der Waals surface area contributed by atoms with Gasteiger partial charge in [-0.05, 0) is 54.0 Å². The summed E-state index contributed by atoms with van der Waals surface area (Å²) in [6.07, 6.45) is 2.89. The quantitative estimate of drug-likeness (QED) is 0.504. The van der Waals surface area contributed by atoms with Gasteiger partial charge in [0.15, 0.2) is 0 Å². The first-order valence-corrected chi connectivity index (χ1v) is 10.9. The fourth-order valence-corrected chi connectivity index (χ4v) is 4.28. The minimum atomic E-state index is -0.841. The van der Waals surface area contributed by atoms with Crippen LogP contribution >= 0.6 is 0 Å². The van der Waals surface area contributed by atoms with E-state index in [1.54, 1.807) is 17.0 Å². The molecule has 1 aliphatic heterocycles. The summed E-state index contributed by atoms with van der Waals surface area (Å²) in [7, 11) is 1.35. The Morgan fingerprint density at radius 3 is 2.71 bits per heavy atom. The molecule has 3 aromatic rings. The molecule has 0 aliphatic carbocycles. The highest BCUT2D eigenvalue weighted by atomic mass is 16.5. The number of fused-ring (bicyclic) bond motifs is 1. The zero-order chi connectivity index (χ0) is 24.4. The molecule has 2 atom stereocenters. The Bertz CT molecular complexity index is 1330. The summed E-state index contributed by atoms with van der Waals surface area (Å²) in [6, 6.07) is 9.81. The number of hydrogen-bond acceptors (Lipinski definition) is 6. The van der Waals surface area contributed by atoms with Crippen LogP contribution in [0.5, 0.6) is 5.88 Å². The van der Waals surface area contributed by atoms with Gasteiger partial charge >= 0.3 is 11.8 Å². The zero-order valence-electron chi connectivity index (χ0n) is 18.8. The van der Waals surface area contributed by atoms with Crippen LogP contribution in [0.25, 0.3) is 10.9 Å². The summed E-state index contributed by atoms with van der Waals surface area (Å²) in [5.41, 5.74) is 6.89. The highest BCUT2D eigenvalue weighted by molar-refractivity contribution is 6.39. The molecular weight excluding hydrogens is 438 g/mol. The number of carbonyl (C=O) groups is 3. The zero-order valence-corrected chi connectivity index (χ0v) is 18.8. The third-order valence-electron chi connectivity index (χ3n) is 5.97. The van der Waals surface area contributed by atoms with Crippen LogP contribution in [0.3, 0.4) is 0 Å². The van der Waals surface area contributed by atoms with Crippen molar-refractivity contribution < 1.29 is 19.1 Å². The van der Waals surface area contributed by atoms with E-state index in [9.17, 15) is 19.2 Å². The smallest absolute Gasteiger partial charge is 0.313 e. The number of anilines is 1. The molecule has 0 saturated carbocycles. The molecule has 10 nitrogen and oxygen atoms in total. The predicted octanol–water partition coefficient (Wildman–Crippen LogP) is 1.97. The lowest BCUT2D eigenvalue weighted by atomic mass is 9.89. The number of amides is 3. The third-order valence-corrected chi connectivity index (χ3v) is 5.97. The van der Waals surface area contributed by atoms with E-state index in [-0.39, 0.29) is 34.6 Å². The number of aromatic nitrogens is 2. The Morgan fingerprint density at radius 1 is 1.18 bits per heavy atom. The number of nitrogens with one attached hydrogen (secondary N) is 2. The molecule has 176 valence electrons. The predicted molar refractivity (Wildman–Crippen MR) is 125 cm³/mol. The Kier molecular flexibility index (Phi) is 6.31. The molecule has 1 fully saturated rings. The average molecular weight is 463 g/mol. The van der Waals surface area contributed by atoms with Crippen LogP contribution in [0, 0.1) is 5.92 Å². The molecule has 34 heavy (non-hydrogen) atoms. The van der Waals surface area contributed by atoms with Crippen LogP contribution in [0.1, 0.15) is 41.7 Å². The van der Waals surface area contributed by atoms with Gasteiger partial charge in [-0.25, -0.2) is 4.98 Å². The van der Waals surface area contributed by atoms with E-state index >= 15 is 0 Å². The van der Waals surface area contributed by atoms with Crippen molar-refractivity contribution in [1.29, 1.82) is 0 Å². The molecule has 1 aliphatic rings. The molecule has 1 saturated heterocycles. The number of hydrogen-bond donors (Lipinski definition) is 3. The first-order chi connectivity index (χ1) is 16.3. The molecule has 0 spiro atoms. The van der Waals surface area contributed by atoms with Crippen LogP contribution < -0.4 is 21.3 Å². The summed E-state index contributed by atoms with van der Waals surface area (Å²) in [6.45, 7) is 2.46. The molecular formula is C24H25N5O5. The topological polar surface area (TPSA) is 147 Å². The van der Waals surface area contributed by atoms with Crippen molar-refractivity contribution in [1.82, 2.24) is 14.9 Å². The van der Waals surface area contributed by atoms with Crippen molar-refractivity contribution in [2.75, 3.05) is 19.0 Å². The monoisotopic (exact) mass is 463 g/mol. The van der Waals surface area contributed by atoms with Crippen molar-refractivity contribution in [3.63, 3.8) is 0 Å². The fraction of sp³-hybridized carbons (Fsp3) is 0.292. The fourth-order valence-electron chi connectivity index (χ4n) is 4.28. The average Bonchev–Trinajstić information content (AvgIpc) is 2.83. The number of carbonyl (C=O) groups excluding carboxylic acids is 3. The number of piperidine rings is 1. The van der Waals surface area contributed by atoms with E-state index < -0.39 is 17.7 Å². The molecule has 0 bridgehead atoms. The Morgan fingerprint density at radius 2 is 1.97 bits per heavy atom. The summed E-state index contributed by atoms with van der Waals surface area (Å²) >= 11 is 0. The second-order valence-corrected chi connectivity index (χ2v) is 8.42. The lowest BCUT2D eigenvalue weighted by molar-refractivity contribution is -0.146. The lowest BCUT2D eigenvalue weighted by Gasteiger charge is -2.38.